The van der Waals surface area contributed by atoms with Gasteiger partial charge in [0.25, 0.3) is 0 Å². The highest BCUT2D eigenvalue weighted by molar-refractivity contribution is 6.34. The molecule has 0 fully saturated rings. The number of unbranched alkanes of at least 4 members (excludes halogenated alkanes) is 4. The highest BCUT2D eigenvalue weighted by Crippen LogP contribution is 2.35. The molecule has 0 aromatic heterocycles. The van der Waals surface area contributed by atoms with Crippen LogP contribution in [0.1, 0.15) is 83.3 Å². The van der Waals surface area contributed by atoms with E-state index in [2.05, 4.69) is 20.1 Å². The maximum atomic E-state index is 16.1. The minimum atomic E-state index is -1.76. The molecule has 0 N–H and O–H groups in total. The first-order valence-electron chi connectivity index (χ1n) is 21.9. The smallest absolute Gasteiger partial charge is 0.374 e. The number of carbonyl (C=O) groups excluding carboxylic acids is 6. The van der Waals surface area contributed by atoms with Gasteiger partial charge in [0.2, 0.25) is 11.6 Å². The van der Waals surface area contributed by atoms with Crippen molar-refractivity contribution in [1.82, 2.24) is 0 Å². The number of hydrogen-bond donors (Lipinski definition) is 0. The topological polar surface area (TPSA) is 167 Å². The van der Waals surface area contributed by atoms with E-state index in [9.17, 15) is 28.8 Å². The van der Waals surface area contributed by atoms with Crippen LogP contribution in [0.2, 0.25) is 0 Å². The molecule has 0 spiro atoms. The van der Waals surface area contributed by atoms with Crippen LogP contribution in [0.5, 0.6) is 5.75 Å². The van der Waals surface area contributed by atoms with E-state index in [1.807, 2.05) is 24.3 Å². The molecule has 0 radical (unpaired) electrons. The zero-order valence-corrected chi connectivity index (χ0v) is 38.7. The molecule has 0 aliphatic rings. The zero-order chi connectivity index (χ0) is 48.6. The Kier molecular flexibility index (Phi) is 23.1. The SMILES string of the molecule is C=C(C)C(=O)OCCCc1cc(-c2c(F)cc(-c3ccc(CCCCCCC)cc3)cc2F)ccc1OCC(COC(=O)C(=C)C)(COC(=O)C(=O)CCOC)COC(=O)C(=O)CCOC. The van der Waals surface area contributed by atoms with Crippen molar-refractivity contribution < 1.29 is 70.7 Å². The number of hydrogen-bond acceptors (Lipinski definition) is 13. The van der Waals surface area contributed by atoms with Gasteiger partial charge >= 0.3 is 23.9 Å². The highest BCUT2D eigenvalue weighted by atomic mass is 19.1. The first-order chi connectivity index (χ1) is 31.5. The number of aryl methyl sites for hydroxylation is 2. The molecule has 0 aliphatic carbocycles. The lowest BCUT2D eigenvalue weighted by molar-refractivity contribution is -0.169. The number of Topliss-reactive ketones (excluding diaryl/α,β-unsaturated/α-hetero) is 2. The summed E-state index contributed by atoms with van der Waals surface area (Å²) < 4.78 is 69.6. The van der Waals surface area contributed by atoms with Crippen molar-refractivity contribution in [2.45, 2.75) is 85.0 Å². The van der Waals surface area contributed by atoms with Crippen LogP contribution in [0.15, 0.2) is 78.9 Å². The number of methoxy groups -OCH3 is 2. The van der Waals surface area contributed by atoms with Gasteiger partial charge in [-0.1, -0.05) is 76.1 Å². The molecule has 0 amide bonds. The van der Waals surface area contributed by atoms with Crippen molar-refractivity contribution in [2.75, 3.05) is 60.5 Å². The molecule has 3 rings (SSSR count). The van der Waals surface area contributed by atoms with Crippen LogP contribution in [0.25, 0.3) is 22.3 Å². The molecule has 3 aromatic carbocycles. The Hall–Kier alpha value is -6.06. The van der Waals surface area contributed by atoms with E-state index in [1.165, 1.54) is 77.7 Å². The summed E-state index contributed by atoms with van der Waals surface area (Å²) in [5, 5.41) is 0. The number of rotatable bonds is 31. The molecular weight excluding hydrogens is 859 g/mol. The summed E-state index contributed by atoms with van der Waals surface area (Å²) in [6.45, 7) is 9.40. The largest absolute Gasteiger partial charge is 0.492 e. The maximum Gasteiger partial charge on any atom is 0.374 e. The lowest BCUT2D eigenvalue weighted by Crippen LogP contribution is -2.45. The fourth-order valence-electron chi connectivity index (χ4n) is 6.45. The Morgan fingerprint density at radius 1 is 0.561 bits per heavy atom. The summed E-state index contributed by atoms with van der Waals surface area (Å²) in [6.07, 6.45) is 6.44. The van der Waals surface area contributed by atoms with E-state index in [4.69, 9.17) is 33.2 Å². The van der Waals surface area contributed by atoms with Gasteiger partial charge in [0.05, 0.1) is 25.4 Å². The molecule has 0 aliphatic heterocycles. The van der Waals surface area contributed by atoms with Gasteiger partial charge in [-0.25, -0.2) is 28.0 Å². The van der Waals surface area contributed by atoms with E-state index in [0.29, 0.717) is 16.7 Å². The second-order valence-corrected chi connectivity index (χ2v) is 16.1. The molecule has 0 unspecified atom stereocenters. The predicted octanol–water partition coefficient (Wildman–Crippen LogP) is 8.65. The van der Waals surface area contributed by atoms with Gasteiger partial charge in [0.1, 0.15) is 49.2 Å². The number of halogens is 2. The Morgan fingerprint density at radius 2 is 1.08 bits per heavy atom. The lowest BCUT2D eigenvalue weighted by Gasteiger charge is -2.32. The number of ether oxygens (including phenoxy) is 7. The summed E-state index contributed by atoms with van der Waals surface area (Å²) in [4.78, 5) is 75.4. The third-order valence-corrected chi connectivity index (χ3v) is 10.4. The first-order valence-corrected chi connectivity index (χ1v) is 21.9. The molecule has 13 nitrogen and oxygen atoms in total. The van der Waals surface area contributed by atoms with Gasteiger partial charge in [-0.05, 0) is 91.6 Å². The van der Waals surface area contributed by atoms with Crippen molar-refractivity contribution in [3.05, 3.63) is 102 Å². The average molecular weight is 921 g/mol. The fraction of sp³-hybridized carbons (Fsp3) is 0.451. The molecule has 3 aromatic rings. The zero-order valence-electron chi connectivity index (χ0n) is 38.7. The summed E-state index contributed by atoms with van der Waals surface area (Å²) >= 11 is 0. The molecule has 0 heterocycles. The van der Waals surface area contributed by atoms with Gasteiger partial charge in [0, 0.05) is 38.2 Å². The van der Waals surface area contributed by atoms with E-state index >= 15 is 8.78 Å². The molecule has 0 bridgehead atoms. The molecule has 15 heteroatoms. The minimum Gasteiger partial charge on any atom is -0.492 e. The van der Waals surface area contributed by atoms with Crippen LogP contribution >= 0.6 is 0 Å². The Labute approximate surface area is 385 Å². The van der Waals surface area contributed by atoms with Crippen LogP contribution in [-0.2, 0) is 70.0 Å². The summed E-state index contributed by atoms with van der Waals surface area (Å²) in [6, 6.07) is 14.6. The maximum absolute atomic E-state index is 16.1. The third-order valence-electron chi connectivity index (χ3n) is 10.4. The molecule has 66 heavy (non-hydrogen) atoms. The Bertz CT molecular complexity index is 2100. The molecule has 0 atom stereocenters. The Morgan fingerprint density at radius 3 is 1.61 bits per heavy atom. The number of benzene rings is 3. The number of esters is 4. The third kappa shape index (κ3) is 17.7. The monoisotopic (exact) mass is 920 g/mol. The van der Waals surface area contributed by atoms with Crippen LogP contribution in [0.4, 0.5) is 8.78 Å². The number of ketones is 2. The summed E-state index contributed by atoms with van der Waals surface area (Å²) in [5.41, 5.74) is 0.822. The summed E-state index contributed by atoms with van der Waals surface area (Å²) in [7, 11) is 2.68. The van der Waals surface area contributed by atoms with E-state index in [-0.39, 0.29) is 73.5 Å². The average Bonchev–Trinajstić information content (AvgIpc) is 3.30. The minimum absolute atomic E-state index is 0.00224. The van der Waals surface area contributed by atoms with Crippen molar-refractivity contribution >= 4 is 35.4 Å². The molecule has 0 saturated carbocycles. The summed E-state index contributed by atoms with van der Waals surface area (Å²) in [5.74, 6) is -7.37. The standard InChI is InChI=1S/C51H62F2O13/c1-8-9-10-11-12-14-36-16-18-37(19-17-36)40-28-41(52)46(42(53)29-40)39-20-21-45(38(27-39)15-13-24-62-47(56)34(2)3)63-30-51(31-64-48(57)35(4)5,32-65-49(58)43(54)22-25-60-6)33-66-50(59)44(55)23-26-61-7/h16-21,27-29H,2,4,8-15,22-26,30-33H2,1,3,5-7H3. The second kappa shape index (κ2) is 28.1. The fourth-order valence-corrected chi connectivity index (χ4v) is 6.45. The number of carbonyl (C=O) groups is 6. The second-order valence-electron chi connectivity index (χ2n) is 16.1. The van der Waals surface area contributed by atoms with Gasteiger partial charge in [-0.15, -0.1) is 0 Å². The van der Waals surface area contributed by atoms with Gasteiger partial charge < -0.3 is 33.2 Å². The van der Waals surface area contributed by atoms with E-state index < -0.39 is 78.9 Å². The quantitative estimate of drug-likeness (QED) is 0.0198. The van der Waals surface area contributed by atoms with E-state index in [0.717, 1.165) is 24.8 Å². The predicted molar refractivity (Wildman–Crippen MR) is 242 cm³/mol. The lowest BCUT2D eigenvalue weighted by atomic mass is 9.91. The van der Waals surface area contributed by atoms with Gasteiger partial charge in [-0.3, -0.25) is 9.59 Å². The molecule has 0 saturated heterocycles. The molecule has 358 valence electrons. The van der Waals surface area contributed by atoms with Crippen molar-refractivity contribution in [3.8, 4) is 28.0 Å². The van der Waals surface area contributed by atoms with Crippen molar-refractivity contribution in [3.63, 3.8) is 0 Å². The normalized spacial score (nSPS) is 11.1. The highest BCUT2D eigenvalue weighted by Gasteiger charge is 2.39. The van der Waals surface area contributed by atoms with E-state index in [1.54, 1.807) is 0 Å². The van der Waals surface area contributed by atoms with Gasteiger partial charge in [-0.2, -0.15) is 0 Å². The van der Waals surface area contributed by atoms with Crippen LogP contribution in [0.3, 0.4) is 0 Å². The van der Waals surface area contributed by atoms with Crippen molar-refractivity contribution in [1.29, 1.82) is 0 Å². The van der Waals surface area contributed by atoms with Crippen molar-refractivity contribution in [2.24, 2.45) is 5.41 Å². The van der Waals surface area contributed by atoms with Crippen LogP contribution in [0, 0.1) is 17.0 Å². The van der Waals surface area contributed by atoms with Crippen LogP contribution in [-0.4, -0.2) is 95.9 Å². The molecular formula is C51H62F2O13. The van der Waals surface area contributed by atoms with Gasteiger partial charge in [0.15, 0.2) is 0 Å². The Balaban J connectivity index is 2.03. The van der Waals surface area contributed by atoms with Crippen LogP contribution < -0.4 is 4.74 Å². The first kappa shape index (κ1) is 54.3.